The van der Waals surface area contributed by atoms with E-state index in [9.17, 15) is 15.2 Å². The van der Waals surface area contributed by atoms with Crippen molar-refractivity contribution in [3.63, 3.8) is 0 Å². The van der Waals surface area contributed by atoms with E-state index in [1.165, 1.54) is 4.57 Å². The molecule has 1 N–H and O–H groups in total. The predicted octanol–water partition coefficient (Wildman–Crippen LogP) is 3.25. The second-order valence-electron chi connectivity index (χ2n) is 7.24. The van der Waals surface area contributed by atoms with Gasteiger partial charge in [0, 0.05) is 50.4 Å². The van der Waals surface area contributed by atoms with Gasteiger partial charge in [0.15, 0.2) is 0 Å². The SMILES string of the molecule is Cn1c(=O)c(C#N)c(N2CCN(Cc3cc(Cl)ccc3O)CC2)c2nc(Br)ccc21. The number of aromatic hydroxyl groups is 1. The number of nitrogens with zero attached hydrogens (tertiary/aromatic N) is 5. The molecule has 9 heteroatoms. The van der Waals surface area contributed by atoms with Gasteiger partial charge in [-0.05, 0) is 46.3 Å². The van der Waals surface area contributed by atoms with Crippen LogP contribution in [0.15, 0.2) is 39.7 Å². The van der Waals surface area contributed by atoms with Crippen LogP contribution < -0.4 is 10.5 Å². The maximum Gasteiger partial charge on any atom is 0.270 e. The number of nitriles is 1. The first kappa shape index (κ1) is 20.7. The van der Waals surface area contributed by atoms with Gasteiger partial charge in [-0.1, -0.05) is 11.6 Å². The van der Waals surface area contributed by atoms with E-state index in [0.717, 1.165) is 5.56 Å². The van der Waals surface area contributed by atoms with Crippen molar-refractivity contribution in [1.29, 1.82) is 5.26 Å². The van der Waals surface area contributed by atoms with Crippen LogP contribution in [0.3, 0.4) is 0 Å². The number of pyridine rings is 2. The summed E-state index contributed by atoms with van der Waals surface area (Å²) >= 11 is 9.45. The number of fused-ring (bicyclic) bond motifs is 1. The number of hydrogen-bond donors (Lipinski definition) is 1. The molecular weight excluding hydrogens is 470 g/mol. The fraction of sp³-hybridized carbons (Fsp3) is 0.286. The average molecular weight is 489 g/mol. The number of aryl methyl sites for hydroxylation is 1. The smallest absolute Gasteiger partial charge is 0.270 e. The van der Waals surface area contributed by atoms with Crippen molar-refractivity contribution < 1.29 is 5.11 Å². The molecule has 0 spiro atoms. The molecule has 0 amide bonds. The monoisotopic (exact) mass is 487 g/mol. The van der Waals surface area contributed by atoms with Crippen LogP contribution in [0.1, 0.15) is 11.1 Å². The zero-order chi connectivity index (χ0) is 21.4. The van der Waals surface area contributed by atoms with Gasteiger partial charge < -0.3 is 14.6 Å². The lowest BCUT2D eigenvalue weighted by Gasteiger charge is -2.36. The first-order valence-electron chi connectivity index (χ1n) is 9.43. The van der Waals surface area contributed by atoms with Crippen molar-refractivity contribution >= 4 is 44.3 Å². The van der Waals surface area contributed by atoms with E-state index in [1.54, 1.807) is 31.3 Å². The van der Waals surface area contributed by atoms with Crippen molar-refractivity contribution in [2.45, 2.75) is 6.54 Å². The standard InChI is InChI=1S/C21H19BrClN5O2/c1-26-16-3-5-18(22)25-19(16)20(15(11-24)21(26)30)28-8-6-27(7-9-28)12-13-10-14(23)2-4-17(13)29/h2-5,10,29H,6-9,12H2,1H3. The van der Waals surface area contributed by atoms with Crippen molar-refractivity contribution in [1.82, 2.24) is 14.5 Å². The van der Waals surface area contributed by atoms with Gasteiger partial charge >= 0.3 is 0 Å². The Kier molecular flexibility index (Phi) is 5.69. The number of phenolic OH excluding ortho intramolecular Hbond substituents is 1. The third-order valence-corrected chi connectivity index (χ3v) is 6.09. The minimum atomic E-state index is -0.324. The third-order valence-electron chi connectivity index (χ3n) is 5.42. The Morgan fingerprint density at radius 1 is 1.23 bits per heavy atom. The number of hydrogen-bond acceptors (Lipinski definition) is 6. The van der Waals surface area contributed by atoms with Crippen LogP contribution in [0.2, 0.25) is 5.02 Å². The summed E-state index contributed by atoms with van der Waals surface area (Å²) in [5.74, 6) is 0.222. The molecule has 3 heterocycles. The van der Waals surface area contributed by atoms with E-state index in [2.05, 4.69) is 36.8 Å². The van der Waals surface area contributed by atoms with Gasteiger partial charge in [0.05, 0.1) is 11.2 Å². The topological polar surface area (TPSA) is 85.4 Å². The Morgan fingerprint density at radius 2 is 1.97 bits per heavy atom. The first-order chi connectivity index (χ1) is 14.4. The highest BCUT2D eigenvalue weighted by molar-refractivity contribution is 9.10. The molecule has 30 heavy (non-hydrogen) atoms. The summed E-state index contributed by atoms with van der Waals surface area (Å²) < 4.78 is 2.11. The van der Waals surface area contributed by atoms with Crippen molar-refractivity contribution in [3.8, 4) is 11.8 Å². The summed E-state index contributed by atoms with van der Waals surface area (Å²) in [6, 6.07) is 10.7. The molecule has 0 radical (unpaired) electrons. The van der Waals surface area contributed by atoms with Crippen LogP contribution in [0, 0.1) is 11.3 Å². The van der Waals surface area contributed by atoms with Crippen molar-refractivity contribution in [2.75, 3.05) is 31.1 Å². The number of piperazine rings is 1. The molecule has 1 aliphatic rings. The number of anilines is 1. The normalized spacial score (nSPS) is 14.8. The van der Waals surface area contributed by atoms with Crippen LogP contribution in [0.25, 0.3) is 11.0 Å². The minimum absolute atomic E-state index is 0.108. The van der Waals surface area contributed by atoms with Gasteiger partial charge in [0.2, 0.25) is 0 Å². The Hall–Kier alpha value is -2.60. The van der Waals surface area contributed by atoms with E-state index in [-0.39, 0.29) is 16.9 Å². The number of rotatable bonds is 3. The summed E-state index contributed by atoms with van der Waals surface area (Å²) in [6.07, 6.45) is 0. The van der Waals surface area contributed by atoms with Gasteiger partial charge in [-0.3, -0.25) is 9.69 Å². The third kappa shape index (κ3) is 3.76. The first-order valence-corrected chi connectivity index (χ1v) is 10.6. The van der Waals surface area contributed by atoms with Crippen molar-refractivity contribution in [3.05, 3.63) is 61.4 Å². The van der Waals surface area contributed by atoms with Gasteiger partial charge in [-0.15, -0.1) is 0 Å². The molecule has 1 fully saturated rings. The summed E-state index contributed by atoms with van der Waals surface area (Å²) in [5.41, 5.74) is 2.46. The minimum Gasteiger partial charge on any atom is -0.508 e. The Bertz CT molecular complexity index is 1230. The summed E-state index contributed by atoms with van der Waals surface area (Å²) in [7, 11) is 1.65. The quantitative estimate of drug-likeness (QED) is 0.570. The molecule has 0 unspecified atom stereocenters. The molecule has 0 saturated carbocycles. The largest absolute Gasteiger partial charge is 0.508 e. The van der Waals surface area contributed by atoms with Crippen molar-refractivity contribution in [2.24, 2.45) is 7.05 Å². The van der Waals surface area contributed by atoms with Crippen LogP contribution in [0.5, 0.6) is 5.75 Å². The fourth-order valence-corrected chi connectivity index (χ4v) is 4.33. The van der Waals surface area contributed by atoms with E-state index in [4.69, 9.17) is 11.6 Å². The Balaban J connectivity index is 1.64. The van der Waals surface area contributed by atoms with Gasteiger partial charge in [-0.2, -0.15) is 5.26 Å². The fourth-order valence-electron chi connectivity index (χ4n) is 3.83. The molecule has 0 bridgehead atoms. The van der Waals surface area contributed by atoms with E-state index >= 15 is 0 Å². The maximum absolute atomic E-state index is 12.8. The zero-order valence-corrected chi connectivity index (χ0v) is 18.6. The van der Waals surface area contributed by atoms with E-state index < -0.39 is 0 Å². The Morgan fingerprint density at radius 3 is 2.67 bits per heavy atom. The molecular formula is C21H19BrClN5O2. The Labute approximate surface area is 186 Å². The molecule has 1 aromatic carbocycles. The average Bonchev–Trinajstić information content (AvgIpc) is 2.74. The van der Waals surface area contributed by atoms with E-state index in [1.807, 2.05) is 6.07 Å². The molecule has 0 aliphatic carbocycles. The van der Waals surface area contributed by atoms with Gasteiger partial charge in [0.1, 0.15) is 27.5 Å². The van der Waals surface area contributed by atoms with E-state index in [0.29, 0.717) is 59.1 Å². The lowest BCUT2D eigenvalue weighted by atomic mass is 10.1. The highest BCUT2D eigenvalue weighted by atomic mass is 79.9. The lowest BCUT2D eigenvalue weighted by Crippen LogP contribution is -2.47. The molecule has 1 aliphatic heterocycles. The number of benzene rings is 1. The maximum atomic E-state index is 12.8. The highest BCUT2D eigenvalue weighted by Gasteiger charge is 2.25. The molecule has 2 aromatic heterocycles. The molecule has 3 aromatic rings. The molecule has 0 atom stereocenters. The van der Waals surface area contributed by atoms with Crippen LogP contribution >= 0.6 is 27.5 Å². The zero-order valence-electron chi connectivity index (χ0n) is 16.3. The van der Waals surface area contributed by atoms with Crippen LogP contribution in [-0.4, -0.2) is 45.7 Å². The molecule has 4 rings (SSSR count). The van der Waals surface area contributed by atoms with Gasteiger partial charge in [-0.25, -0.2) is 4.98 Å². The van der Waals surface area contributed by atoms with Gasteiger partial charge in [0.25, 0.3) is 5.56 Å². The molecule has 154 valence electrons. The number of phenols is 1. The number of halogens is 2. The molecule has 1 saturated heterocycles. The summed E-state index contributed by atoms with van der Waals surface area (Å²) in [6.45, 7) is 3.26. The van der Waals surface area contributed by atoms with Crippen LogP contribution in [0.4, 0.5) is 5.69 Å². The number of aromatic nitrogens is 2. The van der Waals surface area contributed by atoms with Crippen LogP contribution in [-0.2, 0) is 13.6 Å². The second kappa shape index (κ2) is 8.26. The lowest BCUT2D eigenvalue weighted by molar-refractivity contribution is 0.247. The summed E-state index contributed by atoms with van der Waals surface area (Å²) in [4.78, 5) is 21.6. The summed E-state index contributed by atoms with van der Waals surface area (Å²) in [5, 5.41) is 20.4. The molecule has 7 nitrogen and oxygen atoms in total. The second-order valence-corrected chi connectivity index (χ2v) is 8.49. The highest BCUT2D eigenvalue weighted by Crippen LogP contribution is 2.30. The predicted molar refractivity (Wildman–Crippen MR) is 120 cm³/mol.